The highest BCUT2D eigenvalue weighted by atomic mass is 16.5. The third-order valence-electron chi connectivity index (χ3n) is 8.14. The number of methoxy groups -OCH3 is 1. The lowest BCUT2D eigenvalue weighted by Gasteiger charge is -2.32. The summed E-state index contributed by atoms with van der Waals surface area (Å²) in [5, 5.41) is 3.02. The van der Waals surface area contributed by atoms with E-state index in [1.54, 1.807) is 13.2 Å². The van der Waals surface area contributed by atoms with Crippen molar-refractivity contribution in [3.8, 4) is 17.2 Å². The molecule has 1 fully saturated rings. The van der Waals surface area contributed by atoms with Crippen molar-refractivity contribution in [2.75, 3.05) is 65.4 Å². The highest BCUT2D eigenvalue weighted by Gasteiger charge is 2.18. The molecule has 0 atom stereocenters. The van der Waals surface area contributed by atoms with E-state index in [-0.39, 0.29) is 18.4 Å². The zero-order valence-corrected chi connectivity index (χ0v) is 28.1. The molecule has 3 aromatic rings. The molecule has 0 radical (unpaired) electrons. The maximum absolute atomic E-state index is 13.4. The van der Waals surface area contributed by atoms with Crippen LogP contribution in [0.2, 0.25) is 0 Å². The summed E-state index contributed by atoms with van der Waals surface area (Å²) in [7, 11) is 3.71. The van der Waals surface area contributed by atoms with E-state index in [1.807, 2.05) is 66.4 Å². The maximum Gasteiger partial charge on any atom is 0.255 e. The largest absolute Gasteiger partial charge is 0.491 e. The van der Waals surface area contributed by atoms with E-state index < -0.39 is 0 Å². The Kier molecular flexibility index (Phi) is 14.4. The number of amides is 2. The molecule has 0 spiro atoms. The molecule has 0 unspecified atom stereocenters. The van der Waals surface area contributed by atoms with Crippen LogP contribution in [0.1, 0.15) is 59.2 Å². The van der Waals surface area contributed by atoms with E-state index >= 15 is 0 Å². The summed E-state index contributed by atoms with van der Waals surface area (Å²) in [6.07, 6.45) is 3.89. The number of hydrogen-bond donors (Lipinski definition) is 2. The molecule has 10 nitrogen and oxygen atoms in total. The van der Waals surface area contributed by atoms with Gasteiger partial charge in [-0.3, -0.25) is 9.59 Å². The lowest BCUT2D eigenvalue weighted by molar-refractivity contribution is -0.132. The normalized spacial score (nSPS) is 13.3. The molecule has 3 N–H and O–H groups in total. The smallest absolute Gasteiger partial charge is 0.255 e. The Balaban J connectivity index is 1.31. The molecule has 0 bridgehead atoms. The number of para-hydroxylation sites is 2. The predicted molar refractivity (Wildman–Crippen MR) is 184 cm³/mol. The highest BCUT2D eigenvalue weighted by Crippen LogP contribution is 2.29. The van der Waals surface area contributed by atoms with Crippen LogP contribution in [0.25, 0.3) is 0 Å². The molecular weight excluding hydrogens is 596 g/mol. The summed E-state index contributed by atoms with van der Waals surface area (Å²) >= 11 is 0. The van der Waals surface area contributed by atoms with E-state index in [0.29, 0.717) is 61.3 Å². The van der Waals surface area contributed by atoms with Gasteiger partial charge in [-0.15, -0.1) is 0 Å². The molecule has 1 saturated heterocycles. The van der Waals surface area contributed by atoms with Gasteiger partial charge in [-0.2, -0.15) is 0 Å². The number of nitrogens with zero attached hydrogens (tertiary/aromatic N) is 2. The molecule has 47 heavy (non-hydrogen) atoms. The van der Waals surface area contributed by atoms with Gasteiger partial charge in [-0.25, -0.2) is 0 Å². The van der Waals surface area contributed by atoms with Crippen LogP contribution >= 0.6 is 0 Å². The van der Waals surface area contributed by atoms with Crippen molar-refractivity contribution in [2.24, 2.45) is 5.73 Å². The van der Waals surface area contributed by atoms with E-state index in [2.05, 4.69) is 17.3 Å². The molecular formula is C37H50N4O6. The fraction of sp³-hybridized carbons (Fsp3) is 0.459. The number of piperazine rings is 1. The highest BCUT2D eigenvalue weighted by molar-refractivity contribution is 6.05. The molecule has 1 aliphatic heterocycles. The van der Waals surface area contributed by atoms with Gasteiger partial charge in [0.15, 0.2) is 11.5 Å². The molecule has 3 aromatic carbocycles. The molecule has 4 rings (SSSR count). The molecule has 1 aliphatic rings. The topological polar surface area (TPSA) is 116 Å². The van der Waals surface area contributed by atoms with Crippen LogP contribution in [0.4, 0.5) is 5.69 Å². The van der Waals surface area contributed by atoms with Crippen molar-refractivity contribution in [1.29, 1.82) is 0 Å². The minimum Gasteiger partial charge on any atom is -0.491 e. The quantitative estimate of drug-likeness (QED) is 0.176. The number of hydrogen-bond acceptors (Lipinski definition) is 8. The van der Waals surface area contributed by atoms with E-state index in [0.717, 1.165) is 68.6 Å². The Bertz CT molecular complexity index is 1440. The molecule has 10 heteroatoms. The number of ether oxygens (including phenoxy) is 4. The number of carbonyl (C=O) groups excluding carboxylic acids is 2. The van der Waals surface area contributed by atoms with Crippen LogP contribution in [0.3, 0.4) is 0 Å². The number of anilines is 1. The van der Waals surface area contributed by atoms with E-state index in [1.165, 1.54) is 0 Å². The van der Waals surface area contributed by atoms with Gasteiger partial charge in [0.05, 0.1) is 25.5 Å². The number of unbranched alkanes of at least 4 members (excludes halogenated alkanes) is 2. The summed E-state index contributed by atoms with van der Waals surface area (Å²) in [5.74, 6) is 1.93. The first-order valence-corrected chi connectivity index (χ1v) is 16.5. The van der Waals surface area contributed by atoms with Gasteiger partial charge in [0, 0.05) is 45.3 Å². The fourth-order valence-electron chi connectivity index (χ4n) is 5.31. The van der Waals surface area contributed by atoms with Gasteiger partial charge in [-0.05, 0) is 99.3 Å². The number of aryl methyl sites for hydroxylation is 1. The molecule has 0 saturated carbocycles. The standard InChI is InChI=1S/C37H50N4O6/c1-28-13-16-32(35(24-28)46-22-8-4-5-12-36(42)41-20-18-40(2)19-21-41)39-37(43)29-14-15-30(31(25-29)26-44-3)27-47-34-11-7-6-10-33(34)45-23-9-17-38/h6-7,10-11,13-16,24-25H,4-5,8-9,12,17-23,26-27,38H2,1-3H3,(H,39,43). The molecule has 1 heterocycles. The van der Waals surface area contributed by atoms with Crippen LogP contribution < -0.4 is 25.3 Å². The van der Waals surface area contributed by atoms with Crippen LogP contribution in [0, 0.1) is 6.92 Å². The average molecular weight is 647 g/mol. The van der Waals surface area contributed by atoms with Gasteiger partial charge in [-0.1, -0.05) is 24.3 Å². The van der Waals surface area contributed by atoms with Crippen LogP contribution in [0.15, 0.2) is 60.7 Å². The van der Waals surface area contributed by atoms with E-state index in [9.17, 15) is 9.59 Å². The Labute approximate surface area is 279 Å². The first-order chi connectivity index (χ1) is 22.9. The number of carbonyl (C=O) groups is 2. The number of benzene rings is 3. The van der Waals surface area contributed by atoms with Crippen LogP contribution in [-0.2, 0) is 22.7 Å². The summed E-state index contributed by atoms with van der Waals surface area (Å²) in [5.41, 5.74) is 9.50. The second-order valence-corrected chi connectivity index (χ2v) is 11.9. The number of nitrogens with one attached hydrogen (secondary N) is 1. The van der Waals surface area contributed by atoms with Crippen LogP contribution in [-0.4, -0.2) is 81.7 Å². The molecule has 0 aromatic heterocycles. The van der Waals surface area contributed by atoms with Gasteiger partial charge in [0.25, 0.3) is 5.91 Å². The lowest BCUT2D eigenvalue weighted by Crippen LogP contribution is -2.47. The fourth-order valence-corrected chi connectivity index (χ4v) is 5.31. The third kappa shape index (κ3) is 11.3. The minimum atomic E-state index is -0.246. The van der Waals surface area contributed by atoms with E-state index in [4.69, 9.17) is 24.7 Å². The summed E-state index contributed by atoms with van der Waals surface area (Å²) in [4.78, 5) is 30.1. The third-order valence-corrected chi connectivity index (χ3v) is 8.14. The monoisotopic (exact) mass is 646 g/mol. The zero-order chi connectivity index (χ0) is 33.4. The first-order valence-electron chi connectivity index (χ1n) is 16.5. The van der Waals surface area contributed by atoms with Gasteiger partial charge < -0.3 is 39.8 Å². The Morgan fingerprint density at radius 3 is 2.26 bits per heavy atom. The summed E-state index contributed by atoms with van der Waals surface area (Å²) in [6.45, 7) is 7.69. The summed E-state index contributed by atoms with van der Waals surface area (Å²) in [6, 6.07) is 18.8. The van der Waals surface area contributed by atoms with Crippen molar-refractivity contribution in [1.82, 2.24) is 9.80 Å². The zero-order valence-electron chi connectivity index (χ0n) is 28.1. The first kappa shape index (κ1) is 35.7. The van der Waals surface area contributed by atoms with Gasteiger partial charge in [0.2, 0.25) is 5.91 Å². The van der Waals surface area contributed by atoms with Crippen LogP contribution in [0.5, 0.6) is 17.2 Å². The van der Waals surface area contributed by atoms with Crippen molar-refractivity contribution in [3.63, 3.8) is 0 Å². The lowest BCUT2D eigenvalue weighted by atomic mass is 10.0. The second kappa shape index (κ2) is 18.9. The molecule has 2 amide bonds. The van der Waals surface area contributed by atoms with Gasteiger partial charge >= 0.3 is 0 Å². The molecule has 0 aliphatic carbocycles. The average Bonchev–Trinajstić information content (AvgIpc) is 3.07. The van der Waals surface area contributed by atoms with Crippen molar-refractivity contribution in [3.05, 3.63) is 82.9 Å². The summed E-state index contributed by atoms with van der Waals surface area (Å²) < 4.78 is 23.5. The van der Waals surface area contributed by atoms with Gasteiger partial charge in [0.1, 0.15) is 12.4 Å². The molecule has 254 valence electrons. The number of likely N-dealkylation sites (N-methyl/N-ethyl adjacent to an activating group) is 1. The number of nitrogens with two attached hydrogens (primary N) is 1. The van der Waals surface area contributed by atoms with Crippen molar-refractivity contribution in [2.45, 2.75) is 52.2 Å². The van der Waals surface area contributed by atoms with Crippen molar-refractivity contribution < 1.29 is 28.5 Å². The Morgan fingerprint density at radius 1 is 0.787 bits per heavy atom. The minimum absolute atomic E-state index is 0.242. The predicted octanol–water partition coefficient (Wildman–Crippen LogP) is 5.41. The number of rotatable bonds is 18. The Hall–Kier alpha value is -4.12. The Morgan fingerprint density at radius 2 is 1.51 bits per heavy atom. The SMILES string of the molecule is COCc1cc(C(=O)Nc2ccc(C)cc2OCCCCCC(=O)N2CCN(C)CC2)ccc1COc1ccccc1OCCCN. The second-order valence-electron chi connectivity index (χ2n) is 11.9. The maximum atomic E-state index is 13.4. The van der Waals surface area contributed by atoms with Crippen molar-refractivity contribution >= 4 is 17.5 Å².